The van der Waals surface area contributed by atoms with Crippen LogP contribution >= 0.6 is 0 Å². The van der Waals surface area contributed by atoms with Crippen LogP contribution in [0.25, 0.3) is 5.69 Å². The maximum atomic E-state index is 13.3. The van der Waals surface area contributed by atoms with E-state index in [2.05, 4.69) is 10.4 Å². The van der Waals surface area contributed by atoms with E-state index in [-0.39, 0.29) is 35.2 Å². The fourth-order valence-corrected chi connectivity index (χ4v) is 4.00. The number of hydrogen-bond acceptors (Lipinski definition) is 7. The van der Waals surface area contributed by atoms with Crippen molar-refractivity contribution in [3.8, 4) is 11.4 Å². The van der Waals surface area contributed by atoms with Crippen LogP contribution in [0.1, 0.15) is 58.5 Å². The van der Waals surface area contributed by atoms with Crippen LogP contribution in [0, 0.1) is 6.92 Å². The molecule has 0 atom stereocenters. The summed E-state index contributed by atoms with van der Waals surface area (Å²) in [5.41, 5.74) is 9.12. The van der Waals surface area contributed by atoms with E-state index in [1.54, 1.807) is 36.4 Å². The second-order valence-electron chi connectivity index (χ2n) is 9.72. The number of nitrogens with two attached hydrogens (primary N) is 1. The average molecular weight is 491 g/mol. The van der Waals surface area contributed by atoms with Crippen molar-refractivity contribution in [3.05, 3.63) is 70.9 Å². The van der Waals surface area contributed by atoms with E-state index >= 15 is 0 Å². The van der Waals surface area contributed by atoms with Crippen molar-refractivity contribution in [2.75, 3.05) is 18.9 Å². The maximum Gasteiger partial charge on any atom is 0.251 e. The number of benzene rings is 2. The monoisotopic (exact) mass is 490 g/mol. The molecule has 0 unspecified atom stereocenters. The highest BCUT2D eigenvalue weighted by molar-refractivity contribution is 6.11. The summed E-state index contributed by atoms with van der Waals surface area (Å²) < 4.78 is 18.8. The van der Waals surface area contributed by atoms with Gasteiger partial charge in [0.15, 0.2) is 11.6 Å². The molecule has 9 nitrogen and oxygen atoms in total. The number of rotatable bonds is 7. The van der Waals surface area contributed by atoms with Gasteiger partial charge in [-0.15, -0.1) is 0 Å². The third-order valence-corrected chi connectivity index (χ3v) is 6.30. The molecule has 5 rings (SSSR count). The van der Waals surface area contributed by atoms with Crippen molar-refractivity contribution in [3.63, 3.8) is 0 Å². The second-order valence-corrected chi connectivity index (χ2v) is 9.72. The van der Waals surface area contributed by atoms with Crippen LogP contribution in [0.15, 0.2) is 48.7 Å². The Morgan fingerprint density at radius 2 is 1.86 bits per heavy atom. The fraction of sp³-hybridized carbons (Fsp3) is 0.370. The van der Waals surface area contributed by atoms with Crippen molar-refractivity contribution in [2.24, 2.45) is 0 Å². The lowest BCUT2D eigenvalue weighted by Crippen LogP contribution is -2.44. The summed E-state index contributed by atoms with van der Waals surface area (Å²) in [6.45, 7) is 6.40. The van der Waals surface area contributed by atoms with Gasteiger partial charge in [0, 0.05) is 17.2 Å². The molecular formula is C27H30N4O5. The minimum Gasteiger partial charge on any atom is -0.486 e. The topological polar surface area (TPSA) is 118 Å². The Bertz CT molecular complexity index is 1300. The molecule has 36 heavy (non-hydrogen) atoms. The predicted molar refractivity (Wildman–Crippen MR) is 133 cm³/mol. The summed E-state index contributed by atoms with van der Waals surface area (Å²) in [4.78, 5) is 25.9. The Morgan fingerprint density at radius 3 is 2.58 bits per heavy atom. The predicted octanol–water partition coefficient (Wildman–Crippen LogP) is 3.42. The quantitative estimate of drug-likeness (QED) is 0.487. The highest BCUT2D eigenvalue weighted by Gasteiger charge is 2.29. The molecule has 1 aliphatic carbocycles. The number of nitrogen functional groups attached to an aromatic ring is 1. The summed E-state index contributed by atoms with van der Waals surface area (Å²) in [5.74, 6) is -0.301. The standard InChI is InChI=1S/C27H30N4O5/c1-16-7-8-18(26(33)30-19-9-10-19)12-23(16)31-25(28)22(13-29-31)24(32)17-5-4-6-20(11-17)36-21-14-34-27(2,3)35-15-21/h4-8,11-13,19,21H,9-10,14-15,28H2,1-3H3,(H,30,33). The van der Waals surface area contributed by atoms with Crippen LogP contribution in [0.2, 0.25) is 0 Å². The van der Waals surface area contributed by atoms with E-state index in [0.717, 1.165) is 18.4 Å². The number of aromatic nitrogens is 2. The van der Waals surface area contributed by atoms with Crippen LogP contribution < -0.4 is 15.8 Å². The van der Waals surface area contributed by atoms with E-state index in [0.29, 0.717) is 35.8 Å². The molecule has 1 saturated carbocycles. The molecule has 2 heterocycles. The molecule has 9 heteroatoms. The zero-order valence-electron chi connectivity index (χ0n) is 20.6. The summed E-state index contributed by atoms with van der Waals surface area (Å²) in [6.07, 6.45) is 3.19. The van der Waals surface area contributed by atoms with Gasteiger partial charge in [0.1, 0.15) is 17.7 Å². The van der Waals surface area contributed by atoms with E-state index in [9.17, 15) is 9.59 Å². The fourth-order valence-electron chi connectivity index (χ4n) is 4.00. The zero-order valence-corrected chi connectivity index (χ0v) is 20.6. The normalized spacial score (nSPS) is 17.5. The first-order chi connectivity index (χ1) is 17.2. The smallest absolute Gasteiger partial charge is 0.251 e. The molecule has 1 aliphatic heterocycles. The first kappa shape index (κ1) is 24.0. The van der Waals surface area contributed by atoms with E-state index in [1.807, 2.05) is 26.8 Å². The Morgan fingerprint density at radius 1 is 1.11 bits per heavy atom. The molecule has 0 bridgehead atoms. The largest absolute Gasteiger partial charge is 0.486 e. The van der Waals surface area contributed by atoms with Gasteiger partial charge in [0.25, 0.3) is 5.91 Å². The number of nitrogens with one attached hydrogen (secondary N) is 1. The number of amides is 1. The number of ether oxygens (including phenoxy) is 3. The molecule has 2 fully saturated rings. The number of hydrogen-bond donors (Lipinski definition) is 2. The van der Waals surface area contributed by atoms with E-state index < -0.39 is 5.79 Å². The molecule has 1 aromatic heterocycles. The molecule has 3 N–H and O–H groups in total. The number of anilines is 1. The lowest BCUT2D eigenvalue weighted by molar-refractivity contribution is -0.268. The van der Waals surface area contributed by atoms with Crippen LogP contribution in [0.3, 0.4) is 0 Å². The second kappa shape index (κ2) is 9.40. The van der Waals surface area contributed by atoms with Gasteiger partial charge in [0.2, 0.25) is 0 Å². The Balaban J connectivity index is 1.35. The molecule has 0 spiro atoms. The number of carbonyl (C=O) groups excluding carboxylic acids is 2. The Kier molecular flexibility index (Phi) is 6.27. The lowest BCUT2D eigenvalue weighted by atomic mass is 10.1. The van der Waals surface area contributed by atoms with Crippen molar-refractivity contribution in [2.45, 2.75) is 51.5 Å². The summed E-state index contributed by atoms with van der Waals surface area (Å²) in [5, 5.41) is 7.36. The van der Waals surface area contributed by atoms with E-state index in [1.165, 1.54) is 10.9 Å². The summed E-state index contributed by atoms with van der Waals surface area (Å²) >= 11 is 0. The van der Waals surface area contributed by atoms with Gasteiger partial charge in [-0.3, -0.25) is 9.59 Å². The average Bonchev–Trinajstić information content (AvgIpc) is 3.59. The van der Waals surface area contributed by atoms with Crippen LogP contribution in [-0.2, 0) is 9.47 Å². The first-order valence-electron chi connectivity index (χ1n) is 12.0. The first-order valence-corrected chi connectivity index (χ1v) is 12.0. The molecule has 1 amide bonds. The molecule has 2 aromatic carbocycles. The van der Waals surface area contributed by atoms with Gasteiger partial charge in [-0.25, -0.2) is 4.68 Å². The minimum atomic E-state index is -0.631. The molecule has 188 valence electrons. The lowest BCUT2D eigenvalue weighted by Gasteiger charge is -2.34. The van der Waals surface area contributed by atoms with Crippen molar-refractivity contribution in [1.29, 1.82) is 0 Å². The molecule has 3 aromatic rings. The number of carbonyl (C=O) groups is 2. The van der Waals surface area contributed by atoms with Gasteiger partial charge >= 0.3 is 0 Å². The number of aryl methyl sites for hydroxylation is 1. The third kappa shape index (κ3) is 5.12. The van der Waals surface area contributed by atoms with Crippen molar-refractivity contribution >= 4 is 17.5 Å². The Hall–Kier alpha value is -3.69. The number of nitrogens with zero attached hydrogens (tertiary/aromatic N) is 2. The van der Waals surface area contributed by atoms with Crippen LogP contribution in [0.4, 0.5) is 5.82 Å². The highest BCUT2D eigenvalue weighted by atomic mass is 16.7. The molecule has 2 aliphatic rings. The van der Waals surface area contributed by atoms with Gasteiger partial charge < -0.3 is 25.3 Å². The van der Waals surface area contributed by atoms with Crippen molar-refractivity contribution in [1.82, 2.24) is 15.1 Å². The van der Waals surface area contributed by atoms with Gasteiger partial charge in [-0.1, -0.05) is 18.2 Å². The SMILES string of the molecule is Cc1ccc(C(=O)NC2CC2)cc1-n1ncc(C(=O)c2cccc(OC3COC(C)(C)OC3)c2)c1N. The van der Waals surface area contributed by atoms with Crippen molar-refractivity contribution < 1.29 is 23.8 Å². The zero-order chi connectivity index (χ0) is 25.4. The molecule has 0 radical (unpaired) electrons. The van der Waals surface area contributed by atoms with E-state index in [4.69, 9.17) is 19.9 Å². The number of ketones is 1. The Labute approximate surface area is 209 Å². The molecular weight excluding hydrogens is 460 g/mol. The molecule has 1 saturated heterocycles. The summed E-state index contributed by atoms with van der Waals surface area (Å²) in [6, 6.07) is 12.5. The third-order valence-electron chi connectivity index (χ3n) is 6.30. The maximum absolute atomic E-state index is 13.3. The van der Waals surface area contributed by atoms with Crippen LogP contribution in [-0.4, -0.2) is 52.6 Å². The van der Waals surface area contributed by atoms with Gasteiger partial charge in [-0.05, 0) is 63.4 Å². The minimum absolute atomic E-state index is 0.130. The summed E-state index contributed by atoms with van der Waals surface area (Å²) in [7, 11) is 0. The highest BCUT2D eigenvalue weighted by Crippen LogP contribution is 2.26. The van der Waals surface area contributed by atoms with Gasteiger partial charge in [-0.2, -0.15) is 5.10 Å². The van der Waals surface area contributed by atoms with Crippen LogP contribution in [0.5, 0.6) is 5.75 Å². The van der Waals surface area contributed by atoms with Gasteiger partial charge in [0.05, 0.1) is 30.7 Å².